The number of unbranched alkanes of at least 4 members (excludes halogenated alkanes) is 1. The van der Waals surface area contributed by atoms with Crippen molar-refractivity contribution in [2.75, 3.05) is 31.1 Å². The van der Waals surface area contributed by atoms with Crippen molar-refractivity contribution in [2.24, 2.45) is 5.73 Å². The maximum atomic E-state index is 11.2. The SMILES string of the molecule is CCCCC(N)CN1CCS(=O)(=O)CC1. The molecule has 0 bridgehead atoms. The fraction of sp³-hybridized carbons (Fsp3) is 1.00. The van der Waals surface area contributed by atoms with Gasteiger partial charge in [0.2, 0.25) is 0 Å². The monoisotopic (exact) mass is 234 g/mol. The largest absolute Gasteiger partial charge is 0.327 e. The Morgan fingerprint density at radius 2 is 1.93 bits per heavy atom. The van der Waals surface area contributed by atoms with Gasteiger partial charge in [-0.15, -0.1) is 0 Å². The Kier molecular flexibility index (Phi) is 5.02. The summed E-state index contributed by atoms with van der Waals surface area (Å²) >= 11 is 0. The molecule has 1 aliphatic heterocycles. The molecule has 0 amide bonds. The zero-order valence-corrected chi connectivity index (χ0v) is 10.3. The Morgan fingerprint density at radius 1 is 1.33 bits per heavy atom. The summed E-state index contributed by atoms with van der Waals surface area (Å²) in [4.78, 5) is 2.17. The number of rotatable bonds is 5. The van der Waals surface area contributed by atoms with Crippen molar-refractivity contribution < 1.29 is 8.42 Å². The lowest BCUT2D eigenvalue weighted by Gasteiger charge is -2.28. The summed E-state index contributed by atoms with van der Waals surface area (Å²) in [5.74, 6) is 0.598. The fourth-order valence-electron chi connectivity index (χ4n) is 1.82. The predicted molar refractivity (Wildman–Crippen MR) is 62.6 cm³/mol. The lowest BCUT2D eigenvalue weighted by atomic mass is 10.1. The van der Waals surface area contributed by atoms with Crippen LogP contribution < -0.4 is 5.73 Å². The molecule has 0 aliphatic carbocycles. The van der Waals surface area contributed by atoms with E-state index >= 15 is 0 Å². The van der Waals surface area contributed by atoms with E-state index in [1.54, 1.807) is 0 Å². The number of sulfone groups is 1. The Balaban J connectivity index is 2.23. The number of nitrogens with zero attached hydrogens (tertiary/aromatic N) is 1. The van der Waals surface area contributed by atoms with Crippen LogP contribution in [0.4, 0.5) is 0 Å². The Hall–Kier alpha value is -0.130. The highest BCUT2D eigenvalue weighted by atomic mass is 32.2. The second kappa shape index (κ2) is 5.82. The van der Waals surface area contributed by atoms with E-state index in [-0.39, 0.29) is 6.04 Å². The van der Waals surface area contributed by atoms with Crippen molar-refractivity contribution in [1.82, 2.24) is 4.90 Å². The zero-order chi connectivity index (χ0) is 11.3. The van der Waals surface area contributed by atoms with Crippen LogP contribution in [0.25, 0.3) is 0 Å². The molecule has 0 aromatic rings. The first-order chi connectivity index (χ1) is 7.03. The molecule has 1 aliphatic rings. The van der Waals surface area contributed by atoms with Crippen LogP contribution in [0, 0.1) is 0 Å². The molecule has 90 valence electrons. The first-order valence-corrected chi connectivity index (χ1v) is 7.54. The summed E-state index contributed by atoms with van der Waals surface area (Å²) in [6, 6.07) is 0.200. The van der Waals surface area contributed by atoms with Crippen LogP contribution in [-0.4, -0.2) is 50.5 Å². The van der Waals surface area contributed by atoms with Gasteiger partial charge in [-0.1, -0.05) is 19.8 Å². The smallest absolute Gasteiger partial charge is 0.152 e. The third-order valence-corrected chi connectivity index (χ3v) is 4.47. The van der Waals surface area contributed by atoms with Gasteiger partial charge < -0.3 is 5.73 Å². The predicted octanol–water partition coefficient (Wildman–Crippen LogP) is 0.234. The van der Waals surface area contributed by atoms with Crippen LogP contribution >= 0.6 is 0 Å². The molecule has 1 heterocycles. The fourth-order valence-corrected chi connectivity index (χ4v) is 3.10. The second-order valence-corrected chi connectivity index (χ2v) is 6.66. The van der Waals surface area contributed by atoms with Gasteiger partial charge >= 0.3 is 0 Å². The van der Waals surface area contributed by atoms with E-state index in [1.807, 2.05) is 0 Å². The molecule has 5 heteroatoms. The van der Waals surface area contributed by atoms with E-state index in [0.717, 1.165) is 19.4 Å². The molecule has 0 radical (unpaired) electrons. The highest BCUT2D eigenvalue weighted by molar-refractivity contribution is 7.91. The molecule has 1 saturated heterocycles. The van der Waals surface area contributed by atoms with Crippen molar-refractivity contribution in [3.05, 3.63) is 0 Å². The average Bonchev–Trinajstić information content (AvgIpc) is 2.18. The van der Waals surface area contributed by atoms with E-state index in [0.29, 0.717) is 24.6 Å². The standard InChI is InChI=1S/C10H22N2O2S/c1-2-3-4-10(11)9-12-5-7-15(13,14)8-6-12/h10H,2-9,11H2,1H3. The van der Waals surface area contributed by atoms with E-state index < -0.39 is 9.84 Å². The zero-order valence-electron chi connectivity index (χ0n) is 9.48. The lowest BCUT2D eigenvalue weighted by molar-refractivity contribution is 0.270. The second-order valence-electron chi connectivity index (χ2n) is 4.35. The molecule has 1 fully saturated rings. The molecule has 0 aromatic heterocycles. The molecular weight excluding hydrogens is 212 g/mol. The van der Waals surface area contributed by atoms with Gasteiger partial charge in [-0.25, -0.2) is 8.42 Å². The number of hydrogen-bond donors (Lipinski definition) is 1. The van der Waals surface area contributed by atoms with Crippen molar-refractivity contribution in [3.63, 3.8) is 0 Å². The van der Waals surface area contributed by atoms with Crippen LogP contribution in [0.1, 0.15) is 26.2 Å². The highest BCUT2D eigenvalue weighted by Crippen LogP contribution is 2.06. The molecule has 1 rings (SSSR count). The van der Waals surface area contributed by atoms with Crippen molar-refractivity contribution in [2.45, 2.75) is 32.2 Å². The molecule has 0 spiro atoms. The summed E-state index contributed by atoms with van der Waals surface area (Å²) in [7, 11) is -2.75. The van der Waals surface area contributed by atoms with Crippen LogP contribution in [0.5, 0.6) is 0 Å². The van der Waals surface area contributed by atoms with Gasteiger partial charge in [0.05, 0.1) is 11.5 Å². The minimum Gasteiger partial charge on any atom is -0.327 e. The minimum absolute atomic E-state index is 0.200. The van der Waals surface area contributed by atoms with Crippen molar-refractivity contribution in [3.8, 4) is 0 Å². The summed E-state index contributed by atoms with van der Waals surface area (Å²) in [6.07, 6.45) is 3.37. The molecule has 0 saturated carbocycles. The van der Waals surface area contributed by atoms with Crippen molar-refractivity contribution >= 4 is 9.84 Å². The molecular formula is C10H22N2O2S. The third kappa shape index (κ3) is 4.95. The lowest BCUT2D eigenvalue weighted by Crippen LogP contribution is -2.45. The summed E-state index contributed by atoms with van der Waals surface area (Å²) in [5.41, 5.74) is 5.97. The van der Waals surface area contributed by atoms with E-state index in [2.05, 4.69) is 11.8 Å². The van der Waals surface area contributed by atoms with Gasteiger partial charge in [-0.05, 0) is 6.42 Å². The minimum atomic E-state index is -2.75. The quantitative estimate of drug-likeness (QED) is 0.740. The van der Waals surface area contributed by atoms with Crippen molar-refractivity contribution in [1.29, 1.82) is 0 Å². The highest BCUT2D eigenvalue weighted by Gasteiger charge is 2.22. The summed E-state index contributed by atoms with van der Waals surface area (Å²) < 4.78 is 22.4. The Morgan fingerprint density at radius 3 is 2.47 bits per heavy atom. The number of hydrogen-bond acceptors (Lipinski definition) is 4. The molecule has 1 atom stereocenters. The first-order valence-electron chi connectivity index (χ1n) is 5.72. The van der Waals surface area contributed by atoms with E-state index in [4.69, 9.17) is 5.73 Å². The summed E-state index contributed by atoms with van der Waals surface area (Å²) in [5, 5.41) is 0. The topological polar surface area (TPSA) is 63.4 Å². The van der Waals surface area contributed by atoms with Crippen LogP contribution in [0.3, 0.4) is 0 Å². The van der Waals surface area contributed by atoms with Gasteiger partial charge in [-0.3, -0.25) is 4.90 Å². The third-order valence-electron chi connectivity index (χ3n) is 2.86. The molecule has 1 unspecified atom stereocenters. The maximum absolute atomic E-state index is 11.2. The van der Waals surface area contributed by atoms with Crippen LogP contribution in [-0.2, 0) is 9.84 Å². The maximum Gasteiger partial charge on any atom is 0.152 e. The van der Waals surface area contributed by atoms with Gasteiger partial charge in [0, 0.05) is 25.7 Å². The van der Waals surface area contributed by atoms with Gasteiger partial charge in [0.1, 0.15) is 0 Å². The Labute approximate surface area is 92.7 Å². The summed E-state index contributed by atoms with van der Waals surface area (Å²) in [6.45, 7) is 4.31. The van der Waals surface area contributed by atoms with Gasteiger partial charge in [0.25, 0.3) is 0 Å². The molecule has 15 heavy (non-hydrogen) atoms. The first kappa shape index (κ1) is 12.9. The average molecular weight is 234 g/mol. The normalized spacial score (nSPS) is 23.9. The molecule has 2 N–H and O–H groups in total. The van der Waals surface area contributed by atoms with Crippen LogP contribution in [0.15, 0.2) is 0 Å². The van der Waals surface area contributed by atoms with E-state index in [1.165, 1.54) is 6.42 Å². The van der Waals surface area contributed by atoms with Gasteiger partial charge in [0.15, 0.2) is 9.84 Å². The van der Waals surface area contributed by atoms with E-state index in [9.17, 15) is 8.42 Å². The Bertz CT molecular complexity index is 263. The molecule has 4 nitrogen and oxygen atoms in total. The number of nitrogens with two attached hydrogens (primary N) is 1. The van der Waals surface area contributed by atoms with Crippen LogP contribution in [0.2, 0.25) is 0 Å². The van der Waals surface area contributed by atoms with Gasteiger partial charge in [-0.2, -0.15) is 0 Å². The molecule has 0 aromatic carbocycles.